The van der Waals surface area contributed by atoms with Crippen molar-refractivity contribution < 1.29 is 4.74 Å². The third-order valence-corrected chi connectivity index (χ3v) is 5.73. The van der Waals surface area contributed by atoms with Gasteiger partial charge in [-0.1, -0.05) is 39.5 Å². The van der Waals surface area contributed by atoms with Crippen LogP contribution in [0.3, 0.4) is 0 Å². The van der Waals surface area contributed by atoms with Gasteiger partial charge in [0.1, 0.15) is 0 Å². The van der Waals surface area contributed by atoms with Gasteiger partial charge in [-0.3, -0.25) is 4.90 Å². The Hall–Kier alpha value is -0.120. The summed E-state index contributed by atoms with van der Waals surface area (Å²) in [7, 11) is 0. The minimum atomic E-state index is 0.511. The molecule has 1 saturated carbocycles. The molecule has 3 fully saturated rings. The number of fused-ring (bicyclic) bond motifs is 2. The molecule has 0 amide bonds. The molecule has 0 spiro atoms. The average molecular weight is 294 g/mol. The summed E-state index contributed by atoms with van der Waals surface area (Å²) in [6, 6.07) is 0.603. The Kier molecular flexibility index (Phi) is 5.23. The predicted octanol–water partition coefficient (Wildman–Crippen LogP) is 3.19. The molecule has 21 heavy (non-hydrogen) atoms. The van der Waals surface area contributed by atoms with Gasteiger partial charge in [0.15, 0.2) is 0 Å². The Bertz CT molecular complexity index is 311. The van der Waals surface area contributed by atoms with Gasteiger partial charge < -0.3 is 10.1 Å². The maximum atomic E-state index is 6.02. The molecule has 122 valence electrons. The zero-order valence-corrected chi connectivity index (χ0v) is 14.1. The van der Waals surface area contributed by atoms with E-state index >= 15 is 0 Å². The molecule has 2 bridgehead atoms. The molecule has 0 radical (unpaired) electrons. The minimum Gasteiger partial charge on any atom is -0.372 e. The monoisotopic (exact) mass is 294 g/mol. The van der Waals surface area contributed by atoms with Gasteiger partial charge in [-0.15, -0.1) is 0 Å². The van der Waals surface area contributed by atoms with E-state index in [0.29, 0.717) is 23.7 Å². The number of likely N-dealkylation sites (tertiary alicyclic amines) is 1. The normalized spacial score (nSPS) is 33.3. The fraction of sp³-hybridized carbons (Fsp3) is 1.00. The largest absolute Gasteiger partial charge is 0.372 e. The summed E-state index contributed by atoms with van der Waals surface area (Å²) in [5.41, 5.74) is 0.511. The molecule has 2 atom stereocenters. The molecular weight excluding hydrogens is 260 g/mol. The second-order valence-electron chi connectivity index (χ2n) is 8.10. The molecule has 2 saturated heterocycles. The van der Waals surface area contributed by atoms with E-state index < -0.39 is 0 Å². The van der Waals surface area contributed by atoms with E-state index in [0.717, 1.165) is 0 Å². The van der Waals surface area contributed by atoms with Gasteiger partial charge in [-0.2, -0.15) is 0 Å². The summed E-state index contributed by atoms with van der Waals surface area (Å²) in [6.45, 7) is 9.42. The van der Waals surface area contributed by atoms with E-state index in [4.69, 9.17) is 4.74 Å². The summed E-state index contributed by atoms with van der Waals surface area (Å²) in [5.74, 6) is 0. The SMILES string of the molecule is CC(C)NCC1(CN2CC3CCC(C2)O3)CCCCCC1. The van der Waals surface area contributed by atoms with Gasteiger partial charge in [-0.05, 0) is 31.1 Å². The topological polar surface area (TPSA) is 24.5 Å². The molecule has 3 nitrogen and oxygen atoms in total. The lowest BCUT2D eigenvalue weighted by atomic mass is 9.79. The van der Waals surface area contributed by atoms with E-state index in [9.17, 15) is 0 Å². The second-order valence-corrected chi connectivity index (χ2v) is 8.10. The number of hydrogen-bond acceptors (Lipinski definition) is 3. The summed E-state index contributed by atoms with van der Waals surface area (Å²) in [5, 5.41) is 3.75. The van der Waals surface area contributed by atoms with Crippen molar-refractivity contribution in [3.63, 3.8) is 0 Å². The third-order valence-electron chi connectivity index (χ3n) is 5.73. The van der Waals surface area contributed by atoms with E-state index in [1.165, 1.54) is 77.5 Å². The van der Waals surface area contributed by atoms with E-state index in [2.05, 4.69) is 24.1 Å². The van der Waals surface area contributed by atoms with E-state index in [1.54, 1.807) is 0 Å². The van der Waals surface area contributed by atoms with Gasteiger partial charge in [0, 0.05) is 32.2 Å². The number of morpholine rings is 1. The average Bonchev–Trinajstić information content (AvgIpc) is 2.66. The summed E-state index contributed by atoms with van der Waals surface area (Å²) in [4.78, 5) is 2.74. The zero-order chi connectivity index (χ0) is 14.7. The van der Waals surface area contributed by atoms with Crippen LogP contribution in [-0.2, 0) is 4.74 Å². The van der Waals surface area contributed by atoms with Gasteiger partial charge in [0.2, 0.25) is 0 Å². The number of nitrogens with zero attached hydrogens (tertiary/aromatic N) is 1. The Balaban J connectivity index is 1.63. The van der Waals surface area contributed by atoms with Crippen molar-refractivity contribution in [1.29, 1.82) is 0 Å². The van der Waals surface area contributed by atoms with Crippen LogP contribution in [0.15, 0.2) is 0 Å². The van der Waals surface area contributed by atoms with Gasteiger partial charge in [0.25, 0.3) is 0 Å². The first-order valence-electron chi connectivity index (χ1n) is 9.26. The lowest BCUT2D eigenvalue weighted by molar-refractivity contribution is -0.0522. The first-order valence-corrected chi connectivity index (χ1v) is 9.26. The number of nitrogens with one attached hydrogen (secondary N) is 1. The first kappa shape index (κ1) is 15.8. The third kappa shape index (κ3) is 4.20. The minimum absolute atomic E-state index is 0.511. The standard InChI is InChI=1S/C18H34N2O/c1-15(2)19-13-18(9-5-3-4-6-10-18)14-20-11-16-7-8-17(12-20)21-16/h15-17,19H,3-14H2,1-2H3. The van der Waals surface area contributed by atoms with Crippen molar-refractivity contribution in [2.45, 2.75) is 83.5 Å². The van der Waals surface area contributed by atoms with E-state index in [-0.39, 0.29) is 0 Å². The van der Waals surface area contributed by atoms with Crippen molar-refractivity contribution in [3.05, 3.63) is 0 Å². The Morgan fingerprint density at radius 3 is 2.24 bits per heavy atom. The Labute approximate surface area is 130 Å². The molecular formula is C18H34N2O. The van der Waals surface area contributed by atoms with Crippen LogP contribution in [0.1, 0.15) is 65.2 Å². The van der Waals surface area contributed by atoms with Crippen LogP contribution < -0.4 is 5.32 Å². The van der Waals surface area contributed by atoms with Gasteiger partial charge in [-0.25, -0.2) is 0 Å². The maximum absolute atomic E-state index is 6.02. The fourth-order valence-electron chi connectivity index (χ4n) is 4.59. The van der Waals surface area contributed by atoms with Crippen LogP contribution in [0.2, 0.25) is 0 Å². The van der Waals surface area contributed by atoms with Crippen LogP contribution in [0.4, 0.5) is 0 Å². The van der Waals surface area contributed by atoms with Crippen molar-refractivity contribution in [1.82, 2.24) is 10.2 Å². The molecule has 1 aliphatic carbocycles. The van der Waals surface area contributed by atoms with Crippen molar-refractivity contribution >= 4 is 0 Å². The van der Waals surface area contributed by atoms with Crippen LogP contribution in [-0.4, -0.2) is 49.3 Å². The highest BCUT2D eigenvalue weighted by atomic mass is 16.5. The van der Waals surface area contributed by atoms with Crippen LogP contribution in [0.5, 0.6) is 0 Å². The molecule has 2 heterocycles. The van der Waals surface area contributed by atoms with Crippen molar-refractivity contribution in [3.8, 4) is 0 Å². The van der Waals surface area contributed by atoms with Crippen molar-refractivity contribution in [2.75, 3.05) is 26.2 Å². The summed E-state index contributed by atoms with van der Waals surface area (Å²) in [6.07, 6.45) is 12.2. The Morgan fingerprint density at radius 1 is 1.05 bits per heavy atom. The van der Waals surface area contributed by atoms with Crippen molar-refractivity contribution in [2.24, 2.45) is 5.41 Å². The summed E-state index contributed by atoms with van der Waals surface area (Å²) < 4.78 is 6.02. The quantitative estimate of drug-likeness (QED) is 0.788. The molecule has 0 aromatic rings. The van der Waals surface area contributed by atoms with Crippen LogP contribution in [0.25, 0.3) is 0 Å². The molecule has 3 rings (SSSR count). The van der Waals surface area contributed by atoms with Crippen LogP contribution in [0, 0.1) is 5.41 Å². The molecule has 0 aromatic carbocycles. The zero-order valence-electron chi connectivity index (χ0n) is 14.1. The van der Waals surface area contributed by atoms with Crippen LogP contribution >= 0.6 is 0 Å². The lowest BCUT2D eigenvalue weighted by Crippen LogP contribution is -2.50. The fourth-order valence-corrected chi connectivity index (χ4v) is 4.59. The molecule has 1 N–H and O–H groups in total. The number of hydrogen-bond donors (Lipinski definition) is 1. The molecule has 3 heteroatoms. The smallest absolute Gasteiger partial charge is 0.0707 e. The highest BCUT2D eigenvalue weighted by Gasteiger charge is 2.38. The number of rotatable bonds is 5. The van der Waals surface area contributed by atoms with E-state index in [1.807, 2.05) is 0 Å². The highest BCUT2D eigenvalue weighted by molar-refractivity contribution is 4.92. The lowest BCUT2D eigenvalue weighted by Gasteiger charge is -2.41. The maximum Gasteiger partial charge on any atom is 0.0707 e. The van der Waals surface area contributed by atoms with Gasteiger partial charge in [0.05, 0.1) is 12.2 Å². The highest BCUT2D eigenvalue weighted by Crippen LogP contribution is 2.37. The molecule has 2 unspecified atom stereocenters. The second kappa shape index (κ2) is 6.97. The number of ether oxygens (including phenoxy) is 1. The van der Waals surface area contributed by atoms with Gasteiger partial charge >= 0.3 is 0 Å². The summed E-state index contributed by atoms with van der Waals surface area (Å²) >= 11 is 0. The first-order chi connectivity index (χ1) is 10.2. The Morgan fingerprint density at radius 2 is 1.67 bits per heavy atom. The molecule has 3 aliphatic rings. The molecule has 2 aliphatic heterocycles. The predicted molar refractivity (Wildman–Crippen MR) is 87.6 cm³/mol. The molecule has 0 aromatic heterocycles.